The van der Waals surface area contributed by atoms with Crippen LogP contribution < -0.4 is 10.6 Å². The molecule has 1 aliphatic rings. The van der Waals surface area contributed by atoms with E-state index in [0.717, 1.165) is 51.4 Å². The third-order valence-corrected chi connectivity index (χ3v) is 4.37. The standard InChI is InChI=1S/C21H34N4O3.HI/c1-5-22-19(23-13-6-7-16-8-10-18(26)11-9-16)25-14-12-17(15-25)24-20(27)28-21(2,3)4;/h8-11,17,26H,5-7,12-15H2,1-4H3,(H,22,23)(H,24,27);1H. The van der Waals surface area contributed by atoms with E-state index in [0.29, 0.717) is 5.75 Å². The summed E-state index contributed by atoms with van der Waals surface area (Å²) in [5.74, 6) is 1.18. The fraction of sp³-hybridized carbons (Fsp3) is 0.619. The Morgan fingerprint density at radius 1 is 1.31 bits per heavy atom. The number of benzene rings is 1. The lowest BCUT2D eigenvalue weighted by atomic mass is 10.1. The van der Waals surface area contributed by atoms with Gasteiger partial charge >= 0.3 is 6.09 Å². The van der Waals surface area contributed by atoms with Gasteiger partial charge in [0, 0.05) is 26.2 Å². The highest BCUT2D eigenvalue weighted by atomic mass is 127. The Morgan fingerprint density at radius 3 is 2.62 bits per heavy atom. The molecule has 0 aliphatic carbocycles. The number of amides is 1. The zero-order valence-electron chi connectivity index (χ0n) is 17.9. The summed E-state index contributed by atoms with van der Waals surface area (Å²) in [6.45, 7) is 10.7. The van der Waals surface area contributed by atoms with Gasteiger partial charge in [-0.2, -0.15) is 0 Å². The second-order valence-corrected chi connectivity index (χ2v) is 8.08. The number of nitrogens with one attached hydrogen (secondary N) is 2. The number of carbonyl (C=O) groups is 1. The molecule has 1 atom stereocenters. The van der Waals surface area contributed by atoms with Gasteiger partial charge in [0.1, 0.15) is 11.4 Å². The SMILES string of the molecule is CCNC(=NCCCc1ccc(O)cc1)N1CCC(NC(=O)OC(C)(C)C)C1.I. The molecule has 1 amide bonds. The molecule has 1 heterocycles. The molecule has 0 spiro atoms. The highest BCUT2D eigenvalue weighted by Gasteiger charge is 2.27. The Labute approximate surface area is 191 Å². The molecule has 1 unspecified atom stereocenters. The Kier molecular flexibility index (Phi) is 10.6. The number of alkyl carbamates (subject to hydrolysis) is 1. The number of likely N-dealkylation sites (tertiary alicyclic amines) is 1. The minimum atomic E-state index is -0.490. The van der Waals surface area contributed by atoms with Crippen LogP contribution in [0.25, 0.3) is 0 Å². The molecule has 1 fully saturated rings. The minimum Gasteiger partial charge on any atom is -0.508 e. The van der Waals surface area contributed by atoms with Gasteiger partial charge in [-0.15, -0.1) is 24.0 Å². The van der Waals surface area contributed by atoms with Gasteiger partial charge < -0.3 is 25.4 Å². The van der Waals surface area contributed by atoms with E-state index in [4.69, 9.17) is 9.73 Å². The van der Waals surface area contributed by atoms with Gasteiger partial charge in [0.25, 0.3) is 0 Å². The van der Waals surface area contributed by atoms with Crippen molar-refractivity contribution in [2.24, 2.45) is 4.99 Å². The number of phenolic OH excluding ortho intramolecular Hbond substituents is 1. The van der Waals surface area contributed by atoms with Crippen molar-refractivity contribution in [1.29, 1.82) is 0 Å². The summed E-state index contributed by atoms with van der Waals surface area (Å²) in [6.07, 6.45) is 2.37. The van der Waals surface area contributed by atoms with Crippen LogP contribution in [0.4, 0.5) is 4.79 Å². The van der Waals surface area contributed by atoms with E-state index in [1.165, 1.54) is 5.56 Å². The summed E-state index contributed by atoms with van der Waals surface area (Å²) in [7, 11) is 0. The molecule has 7 nitrogen and oxygen atoms in total. The topological polar surface area (TPSA) is 86.2 Å². The monoisotopic (exact) mass is 518 g/mol. The van der Waals surface area contributed by atoms with Crippen LogP contribution in [-0.4, -0.2) is 59.9 Å². The zero-order valence-corrected chi connectivity index (χ0v) is 20.2. The largest absolute Gasteiger partial charge is 0.508 e. The fourth-order valence-corrected chi connectivity index (χ4v) is 3.10. The molecule has 0 saturated carbocycles. The van der Waals surface area contributed by atoms with Crippen molar-refractivity contribution in [3.05, 3.63) is 29.8 Å². The van der Waals surface area contributed by atoms with E-state index in [-0.39, 0.29) is 36.1 Å². The second kappa shape index (κ2) is 12.1. The lowest BCUT2D eigenvalue weighted by molar-refractivity contribution is 0.0507. The van der Waals surface area contributed by atoms with E-state index in [2.05, 4.69) is 22.5 Å². The molecule has 1 aromatic rings. The molecule has 2 rings (SSSR count). The Balaban J connectivity index is 0.00000420. The van der Waals surface area contributed by atoms with Gasteiger partial charge in [0.2, 0.25) is 0 Å². The van der Waals surface area contributed by atoms with E-state index in [1.54, 1.807) is 12.1 Å². The number of rotatable bonds is 6. The first-order valence-corrected chi connectivity index (χ1v) is 10.1. The molecule has 0 radical (unpaired) electrons. The smallest absolute Gasteiger partial charge is 0.407 e. The lowest BCUT2D eigenvalue weighted by Gasteiger charge is -2.23. The third kappa shape index (κ3) is 9.56. The lowest BCUT2D eigenvalue weighted by Crippen LogP contribution is -2.44. The number of halogens is 1. The van der Waals surface area contributed by atoms with Crippen molar-refractivity contribution >= 4 is 36.0 Å². The zero-order chi connectivity index (χ0) is 20.6. The molecule has 8 heteroatoms. The maximum atomic E-state index is 12.0. The summed E-state index contributed by atoms with van der Waals surface area (Å²) in [6, 6.07) is 7.38. The highest BCUT2D eigenvalue weighted by Crippen LogP contribution is 2.13. The van der Waals surface area contributed by atoms with Crippen LogP contribution in [0, 0.1) is 0 Å². The first kappa shape index (κ1) is 25.3. The normalized spacial score (nSPS) is 16.9. The Hall–Kier alpha value is -1.71. The van der Waals surface area contributed by atoms with E-state index < -0.39 is 5.60 Å². The van der Waals surface area contributed by atoms with Gasteiger partial charge in [-0.25, -0.2) is 4.79 Å². The number of hydrogen-bond donors (Lipinski definition) is 3. The van der Waals surface area contributed by atoms with Crippen molar-refractivity contribution in [2.75, 3.05) is 26.2 Å². The minimum absolute atomic E-state index is 0. The number of aromatic hydroxyl groups is 1. The van der Waals surface area contributed by atoms with Crippen LogP contribution >= 0.6 is 24.0 Å². The fourth-order valence-electron chi connectivity index (χ4n) is 3.10. The van der Waals surface area contributed by atoms with Crippen LogP contribution in [0.2, 0.25) is 0 Å². The van der Waals surface area contributed by atoms with E-state index >= 15 is 0 Å². The molecule has 1 aliphatic heterocycles. The molecule has 29 heavy (non-hydrogen) atoms. The molecular weight excluding hydrogens is 483 g/mol. The molecule has 0 aromatic heterocycles. The highest BCUT2D eigenvalue weighted by molar-refractivity contribution is 14.0. The molecule has 1 aromatic carbocycles. The van der Waals surface area contributed by atoms with Gasteiger partial charge in [-0.1, -0.05) is 12.1 Å². The maximum Gasteiger partial charge on any atom is 0.407 e. The average molecular weight is 518 g/mol. The summed E-state index contributed by atoms with van der Waals surface area (Å²) in [5.41, 5.74) is 0.705. The van der Waals surface area contributed by atoms with Crippen molar-refractivity contribution in [2.45, 2.75) is 58.6 Å². The number of nitrogens with zero attached hydrogens (tertiary/aromatic N) is 2. The molecule has 3 N–H and O–H groups in total. The first-order chi connectivity index (χ1) is 13.3. The van der Waals surface area contributed by atoms with Crippen LogP contribution in [0.3, 0.4) is 0 Å². The average Bonchev–Trinajstić information content (AvgIpc) is 3.05. The summed E-state index contributed by atoms with van der Waals surface area (Å²) in [5, 5.41) is 15.6. The number of ether oxygens (including phenoxy) is 1. The van der Waals surface area contributed by atoms with Crippen LogP contribution in [0.1, 0.15) is 46.1 Å². The first-order valence-electron chi connectivity index (χ1n) is 10.1. The van der Waals surface area contributed by atoms with Gasteiger partial charge in [-0.05, 0) is 64.7 Å². The van der Waals surface area contributed by atoms with Crippen molar-refractivity contribution in [3.8, 4) is 5.75 Å². The summed E-state index contributed by atoms with van der Waals surface area (Å²) in [4.78, 5) is 18.9. The third-order valence-electron chi connectivity index (χ3n) is 4.37. The second-order valence-electron chi connectivity index (χ2n) is 8.08. The molecular formula is C21H35IN4O3. The molecule has 164 valence electrons. The quantitative estimate of drug-likeness (QED) is 0.232. The number of aryl methyl sites for hydroxylation is 1. The number of carbonyl (C=O) groups excluding carboxylic acids is 1. The van der Waals surface area contributed by atoms with Gasteiger partial charge in [-0.3, -0.25) is 4.99 Å². The molecule has 1 saturated heterocycles. The van der Waals surface area contributed by atoms with Crippen LogP contribution in [-0.2, 0) is 11.2 Å². The van der Waals surface area contributed by atoms with E-state index in [1.807, 2.05) is 32.9 Å². The number of guanidine groups is 1. The Bertz CT molecular complexity index is 659. The van der Waals surface area contributed by atoms with Gasteiger partial charge in [0.15, 0.2) is 5.96 Å². The van der Waals surface area contributed by atoms with E-state index in [9.17, 15) is 9.90 Å². The van der Waals surface area contributed by atoms with Crippen LogP contribution in [0.15, 0.2) is 29.3 Å². The van der Waals surface area contributed by atoms with Crippen molar-refractivity contribution < 1.29 is 14.6 Å². The number of aliphatic imine (C=N–C) groups is 1. The summed E-state index contributed by atoms with van der Waals surface area (Å²) >= 11 is 0. The number of phenols is 1. The van der Waals surface area contributed by atoms with Gasteiger partial charge in [0.05, 0.1) is 6.04 Å². The number of hydrogen-bond acceptors (Lipinski definition) is 4. The molecule has 0 bridgehead atoms. The predicted octanol–water partition coefficient (Wildman–Crippen LogP) is 3.51. The van der Waals surface area contributed by atoms with Crippen LogP contribution in [0.5, 0.6) is 5.75 Å². The Morgan fingerprint density at radius 2 is 2.00 bits per heavy atom. The predicted molar refractivity (Wildman–Crippen MR) is 127 cm³/mol. The maximum absolute atomic E-state index is 12.0. The summed E-state index contributed by atoms with van der Waals surface area (Å²) < 4.78 is 5.34. The van der Waals surface area contributed by atoms with Crippen molar-refractivity contribution in [3.63, 3.8) is 0 Å². The van der Waals surface area contributed by atoms with Crippen molar-refractivity contribution in [1.82, 2.24) is 15.5 Å².